The summed E-state index contributed by atoms with van der Waals surface area (Å²) in [5.41, 5.74) is 0.408. The van der Waals surface area contributed by atoms with E-state index in [1.165, 1.54) is 23.1 Å². The predicted octanol–water partition coefficient (Wildman–Crippen LogP) is 4.35. The number of carboxylic acids is 1. The molecule has 24 heavy (non-hydrogen) atoms. The smallest absolute Gasteiger partial charge is 0.338 e. The second-order valence-electron chi connectivity index (χ2n) is 5.52. The van der Waals surface area contributed by atoms with Crippen molar-refractivity contribution in [2.24, 2.45) is 0 Å². The molecule has 0 aliphatic carbocycles. The highest BCUT2D eigenvalue weighted by molar-refractivity contribution is 6.42. The minimum Gasteiger partial charge on any atom is -0.478 e. The lowest BCUT2D eigenvalue weighted by atomic mass is 9.95. The Morgan fingerprint density at radius 2 is 1.96 bits per heavy atom. The van der Waals surface area contributed by atoms with E-state index in [-0.39, 0.29) is 24.4 Å². The molecule has 3 rings (SSSR count). The number of benzene rings is 2. The van der Waals surface area contributed by atoms with Crippen molar-refractivity contribution >= 4 is 40.8 Å². The van der Waals surface area contributed by atoms with Crippen LogP contribution < -0.4 is 4.90 Å². The number of hydrogen-bond acceptors (Lipinski definition) is 2. The summed E-state index contributed by atoms with van der Waals surface area (Å²) >= 11 is 11.9. The van der Waals surface area contributed by atoms with Crippen LogP contribution in [0.15, 0.2) is 36.4 Å². The van der Waals surface area contributed by atoms with Crippen LogP contribution in [0.4, 0.5) is 10.1 Å². The molecule has 2 aromatic carbocycles. The van der Waals surface area contributed by atoms with E-state index in [0.29, 0.717) is 15.7 Å². The highest BCUT2D eigenvalue weighted by atomic mass is 35.5. The van der Waals surface area contributed by atoms with Gasteiger partial charge in [-0.25, -0.2) is 9.18 Å². The molecule has 1 aliphatic heterocycles. The molecule has 4 nitrogen and oxygen atoms in total. The average Bonchev–Trinajstić information content (AvgIpc) is 2.91. The molecule has 124 valence electrons. The normalized spacial score (nSPS) is 17.4. The Morgan fingerprint density at radius 1 is 1.21 bits per heavy atom. The van der Waals surface area contributed by atoms with Crippen molar-refractivity contribution in [2.45, 2.75) is 12.3 Å². The molecule has 0 aromatic heterocycles. The summed E-state index contributed by atoms with van der Waals surface area (Å²) in [5, 5.41) is 9.73. The molecular weight excluding hydrogens is 356 g/mol. The van der Waals surface area contributed by atoms with Crippen molar-refractivity contribution < 1.29 is 19.1 Å². The SMILES string of the molecule is O=C(O)c1cccc(C2CC(=O)N(c3ccc(Cl)c(Cl)c3)C2)c1F. The molecule has 1 amide bonds. The quantitative estimate of drug-likeness (QED) is 0.876. The molecule has 0 bridgehead atoms. The van der Waals surface area contributed by atoms with Gasteiger partial charge in [0, 0.05) is 24.6 Å². The summed E-state index contributed by atoms with van der Waals surface area (Å²) in [4.78, 5) is 24.9. The van der Waals surface area contributed by atoms with Gasteiger partial charge < -0.3 is 10.0 Å². The lowest BCUT2D eigenvalue weighted by Crippen LogP contribution is -2.24. The topological polar surface area (TPSA) is 57.6 Å². The summed E-state index contributed by atoms with van der Waals surface area (Å²) in [6.45, 7) is 0.247. The second-order valence-corrected chi connectivity index (χ2v) is 6.33. The summed E-state index contributed by atoms with van der Waals surface area (Å²) in [5.74, 6) is -2.73. The van der Waals surface area contributed by atoms with Crippen LogP contribution in [0, 0.1) is 5.82 Å². The van der Waals surface area contributed by atoms with Gasteiger partial charge in [-0.1, -0.05) is 35.3 Å². The van der Waals surface area contributed by atoms with Crippen LogP contribution in [-0.2, 0) is 4.79 Å². The van der Waals surface area contributed by atoms with Crippen LogP contribution in [0.1, 0.15) is 28.3 Å². The highest BCUT2D eigenvalue weighted by Crippen LogP contribution is 2.35. The van der Waals surface area contributed by atoms with Crippen LogP contribution in [-0.4, -0.2) is 23.5 Å². The third-order valence-corrected chi connectivity index (χ3v) is 4.78. The lowest BCUT2D eigenvalue weighted by Gasteiger charge is -2.18. The van der Waals surface area contributed by atoms with Gasteiger partial charge in [0.2, 0.25) is 5.91 Å². The van der Waals surface area contributed by atoms with Gasteiger partial charge in [-0.3, -0.25) is 4.79 Å². The summed E-state index contributed by atoms with van der Waals surface area (Å²) in [6.07, 6.45) is 0.0975. The Hall–Kier alpha value is -2.11. The summed E-state index contributed by atoms with van der Waals surface area (Å²) in [7, 11) is 0. The predicted molar refractivity (Wildman–Crippen MR) is 89.5 cm³/mol. The fourth-order valence-corrected chi connectivity index (χ4v) is 3.14. The van der Waals surface area contributed by atoms with E-state index in [9.17, 15) is 14.0 Å². The number of carbonyl (C=O) groups excluding carboxylic acids is 1. The standard InChI is InChI=1S/C17H12Cl2FNO3/c18-13-5-4-10(7-14(13)19)21-8-9(6-15(21)22)11-2-1-3-12(16(11)20)17(23)24/h1-5,7,9H,6,8H2,(H,23,24). The van der Waals surface area contributed by atoms with Gasteiger partial charge in [-0.15, -0.1) is 0 Å². The van der Waals surface area contributed by atoms with Crippen LogP contribution in [0.25, 0.3) is 0 Å². The third kappa shape index (κ3) is 2.97. The molecule has 0 radical (unpaired) electrons. The first-order valence-corrected chi connectivity index (χ1v) is 7.91. The largest absolute Gasteiger partial charge is 0.478 e. The van der Waals surface area contributed by atoms with E-state index >= 15 is 0 Å². The lowest BCUT2D eigenvalue weighted by molar-refractivity contribution is -0.117. The number of hydrogen-bond donors (Lipinski definition) is 1. The number of rotatable bonds is 3. The second kappa shape index (κ2) is 6.42. The number of halogens is 3. The Balaban J connectivity index is 1.91. The van der Waals surface area contributed by atoms with Gasteiger partial charge in [-0.2, -0.15) is 0 Å². The Labute approximate surface area is 147 Å². The number of aromatic carboxylic acids is 1. The van der Waals surface area contributed by atoms with E-state index in [1.54, 1.807) is 18.2 Å². The molecule has 1 unspecified atom stereocenters. The number of anilines is 1. The number of amides is 1. The fraction of sp³-hybridized carbons (Fsp3) is 0.176. The first kappa shape index (κ1) is 16.7. The van der Waals surface area contributed by atoms with Crippen LogP contribution in [0.3, 0.4) is 0 Å². The van der Waals surface area contributed by atoms with E-state index in [1.807, 2.05) is 0 Å². The zero-order valence-electron chi connectivity index (χ0n) is 12.3. The summed E-state index contributed by atoms with van der Waals surface area (Å²) < 4.78 is 14.4. The van der Waals surface area contributed by atoms with Crippen LogP contribution in [0.5, 0.6) is 0 Å². The fourth-order valence-electron chi connectivity index (χ4n) is 2.85. The van der Waals surface area contributed by atoms with Crippen molar-refractivity contribution in [3.63, 3.8) is 0 Å². The van der Waals surface area contributed by atoms with Crippen molar-refractivity contribution in [1.82, 2.24) is 0 Å². The van der Waals surface area contributed by atoms with E-state index in [0.717, 1.165) is 0 Å². The molecule has 1 N–H and O–H groups in total. The first-order valence-electron chi connectivity index (χ1n) is 7.15. The molecule has 1 aliphatic rings. The third-order valence-electron chi connectivity index (χ3n) is 4.04. The molecular formula is C17H12Cl2FNO3. The van der Waals surface area contributed by atoms with Gasteiger partial charge >= 0.3 is 5.97 Å². The average molecular weight is 368 g/mol. The van der Waals surface area contributed by atoms with Gasteiger partial charge in [-0.05, 0) is 29.8 Å². The minimum atomic E-state index is -1.33. The summed E-state index contributed by atoms with van der Waals surface area (Å²) in [6, 6.07) is 9.03. The van der Waals surface area contributed by atoms with E-state index in [4.69, 9.17) is 28.3 Å². The maximum Gasteiger partial charge on any atom is 0.338 e. The van der Waals surface area contributed by atoms with Crippen molar-refractivity contribution in [3.05, 3.63) is 63.4 Å². The van der Waals surface area contributed by atoms with Gasteiger partial charge in [0.05, 0.1) is 15.6 Å². The Morgan fingerprint density at radius 3 is 2.62 bits per heavy atom. The van der Waals surface area contributed by atoms with Gasteiger partial charge in [0.25, 0.3) is 0 Å². The number of carbonyl (C=O) groups is 2. The maximum atomic E-state index is 14.4. The zero-order valence-corrected chi connectivity index (χ0v) is 13.8. The maximum absolute atomic E-state index is 14.4. The van der Waals surface area contributed by atoms with Crippen LogP contribution in [0.2, 0.25) is 10.0 Å². The molecule has 1 saturated heterocycles. The van der Waals surface area contributed by atoms with Crippen molar-refractivity contribution in [3.8, 4) is 0 Å². The molecule has 1 fully saturated rings. The minimum absolute atomic E-state index is 0.0975. The molecule has 1 heterocycles. The molecule has 7 heteroatoms. The van der Waals surface area contributed by atoms with E-state index in [2.05, 4.69) is 0 Å². The Bertz CT molecular complexity index is 841. The number of carboxylic acid groups (broad SMARTS) is 1. The Kier molecular flexibility index (Phi) is 4.47. The number of nitrogens with zero attached hydrogens (tertiary/aromatic N) is 1. The van der Waals surface area contributed by atoms with Crippen molar-refractivity contribution in [2.75, 3.05) is 11.4 Å². The highest BCUT2D eigenvalue weighted by Gasteiger charge is 2.34. The monoisotopic (exact) mass is 367 g/mol. The molecule has 2 aromatic rings. The first-order chi connectivity index (χ1) is 11.4. The zero-order chi connectivity index (χ0) is 17.4. The molecule has 0 spiro atoms. The molecule has 1 atom stereocenters. The van der Waals surface area contributed by atoms with Gasteiger partial charge in [0.15, 0.2) is 0 Å². The molecule has 0 saturated carbocycles. The van der Waals surface area contributed by atoms with Crippen LogP contribution >= 0.6 is 23.2 Å². The van der Waals surface area contributed by atoms with Crippen molar-refractivity contribution in [1.29, 1.82) is 0 Å². The van der Waals surface area contributed by atoms with E-state index < -0.39 is 23.3 Å². The van der Waals surface area contributed by atoms with Gasteiger partial charge in [0.1, 0.15) is 5.82 Å².